The second-order valence-corrected chi connectivity index (χ2v) is 5.31. The quantitative estimate of drug-likeness (QED) is 0.645. The van der Waals surface area contributed by atoms with Gasteiger partial charge in [0.25, 0.3) is 0 Å². The Morgan fingerprint density at radius 1 is 1.18 bits per heavy atom. The highest BCUT2D eigenvalue weighted by Crippen LogP contribution is 2.40. The molecule has 0 N–H and O–H groups in total. The van der Waals surface area contributed by atoms with Crippen LogP contribution in [-0.4, -0.2) is 19.0 Å². The van der Waals surface area contributed by atoms with Crippen LogP contribution in [0.3, 0.4) is 0 Å². The Labute approximate surface area is 128 Å². The van der Waals surface area contributed by atoms with E-state index in [1.165, 1.54) is 7.11 Å². The molecule has 22 heavy (non-hydrogen) atoms. The van der Waals surface area contributed by atoms with E-state index in [0.29, 0.717) is 5.75 Å². The Morgan fingerprint density at radius 2 is 1.91 bits per heavy atom. The molecule has 112 valence electrons. The molecule has 2 aromatic rings. The molecule has 4 nitrogen and oxygen atoms in total. The summed E-state index contributed by atoms with van der Waals surface area (Å²) in [6, 6.07) is 14.9. The third-order valence-electron chi connectivity index (χ3n) is 3.98. The van der Waals surface area contributed by atoms with Gasteiger partial charge in [-0.1, -0.05) is 42.5 Å². The van der Waals surface area contributed by atoms with Crippen LogP contribution in [0.2, 0.25) is 0 Å². The maximum Gasteiger partial charge on any atom is 0.323 e. The van der Waals surface area contributed by atoms with Crippen molar-refractivity contribution in [1.82, 2.24) is 0 Å². The van der Waals surface area contributed by atoms with Crippen LogP contribution in [0.15, 0.2) is 48.5 Å². The smallest absolute Gasteiger partial charge is 0.323 e. The molecule has 0 bridgehead atoms. The highest BCUT2D eigenvalue weighted by atomic mass is 16.5. The normalized spacial score (nSPS) is 17.5. The Morgan fingerprint density at radius 3 is 2.59 bits per heavy atom. The molecule has 0 radical (unpaired) electrons. The van der Waals surface area contributed by atoms with Crippen molar-refractivity contribution >= 4 is 11.9 Å². The van der Waals surface area contributed by atoms with Gasteiger partial charge in [0, 0.05) is 5.56 Å². The first-order valence-electron chi connectivity index (χ1n) is 7.10. The van der Waals surface area contributed by atoms with Gasteiger partial charge in [0.15, 0.2) is 0 Å². The lowest BCUT2D eigenvalue weighted by atomic mass is 9.89. The highest BCUT2D eigenvalue weighted by molar-refractivity contribution is 5.90. The number of ether oxygens (including phenoxy) is 2. The van der Waals surface area contributed by atoms with E-state index in [9.17, 15) is 9.59 Å². The van der Waals surface area contributed by atoms with E-state index in [2.05, 4.69) is 0 Å². The van der Waals surface area contributed by atoms with Crippen molar-refractivity contribution in [3.8, 4) is 5.75 Å². The molecule has 0 amide bonds. The summed E-state index contributed by atoms with van der Waals surface area (Å²) in [6.07, 6.45) is 0. The maximum absolute atomic E-state index is 12.2. The van der Waals surface area contributed by atoms with Crippen LogP contribution >= 0.6 is 0 Å². The molecule has 0 fully saturated rings. The summed E-state index contributed by atoms with van der Waals surface area (Å²) >= 11 is 0. The fourth-order valence-electron chi connectivity index (χ4n) is 2.72. The Hall–Kier alpha value is -2.62. The standard InChI is InChI=1S/C18H16O4/c1-11(17(19)21-2)13-8-9-15-14(10-13)16(18(20)22-15)12-6-4-3-5-7-12/h3-11,16H,1-2H3. The predicted octanol–water partition coefficient (Wildman–Crippen LogP) is 3.01. The predicted molar refractivity (Wildman–Crippen MR) is 80.8 cm³/mol. The molecular weight excluding hydrogens is 280 g/mol. The van der Waals surface area contributed by atoms with Crippen molar-refractivity contribution < 1.29 is 19.1 Å². The average Bonchev–Trinajstić information content (AvgIpc) is 2.89. The lowest BCUT2D eigenvalue weighted by molar-refractivity contribution is -0.142. The van der Waals surface area contributed by atoms with Crippen molar-refractivity contribution in [2.45, 2.75) is 18.8 Å². The number of methoxy groups -OCH3 is 1. The van der Waals surface area contributed by atoms with Crippen LogP contribution in [0.25, 0.3) is 0 Å². The van der Waals surface area contributed by atoms with Crippen LogP contribution in [0.5, 0.6) is 5.75 Å². The highest BCUT2D eigenvalue weighted by Gasteiger charge is 2.35. The van der Waals surface area contributed by atoms with Crippen LogP contribution < -0.4 is 4.74 Å². The zero-order chi connectivity index (χ0) is 15.7. The summed E-state index contributed by atoms with van der Waals surface area (Å²) in [5, 5.41) is 0. The van der Waals surface area contributed by atoms with Crippen LogP contribution in [0, 0.1) is 0 Å². The van der Waals surface area contributed by atoms with Crippen molar-refractivity contribution in [3.05, 3.63) is 65.2 Å². The summed E-state index contributed by atoms with van der Waals surface area (Å²) in [5.74, 6) is -0.867. The van der Waals surface area contributed by atoms with E-state index >= 15 is 0 Å². The maximum atomic E-state index is 12.2. The van der Waals surface area contributed by atoms with Gasteiger partial charge in [-0.2, -0.15) is 0 Å². The third-order valence-corrected chi connectivity index (χ3v) is 3.98. The van der Waals surface area contributed by atoms with Gasteiger partial charge in [0.05, 0.1) is 13.0 Å². The van der Waals surface area contributed by atoms with E-state index in [-0.39, 0.29) is 17.9 Å². The fourth-order valence-corrected chi connectivity index (χ4v) is 2.72. The molecule has 2 aromatic carbocycles. The van der Waals surface area contributed by atoms with E-state index in [1.54, 1.807) is 19.1 Å². The molecule has 1 aliphatic rings. The molecule has 0 aliphatic carbocycles. The average molecular weight is 296 g/mol. The summed E-state index contributed by atoms with van der Waals surface area (Å²) in [6.45, 7) is 1.78. The molecule has 2 unspecified atom stereocenters. The topological polar surface area (TPSA) is 52.6 Å². The molecular formula is C18H16O4. The molecule has 2 atom stereocenters. The number of fused-ring (bicyclic) bond motifs is 1. The van der Waals surface area contributed by atoms with E-state index in [1.807, 2.05) is 36.4 Å². The lowest BCUT2D eigenvalue weighted by Crippen LogP contribution is -2.12. The molecule has 0 aromatic heterocycles. The SMILES string of the molecule is COC(=O)C(C)c1ccc2c(c1)C(c1ccccc1)C(=O)O2. The number of esters is 2. The Balaban J connectivity index is 2.03. The second-order valence-electron chi connectivity index (χ2n) is 5.31. The molecule has 4 heteroatoms. The van der Waals surface area contributed by atoms with Crippen LogP contribution in [0.1, 0.15) is 35.4 Å². The molecule has 1 heterocycles. The van der Waals surface area contributed by atoms with Gasteiger partial charge in [-0.3, -0.25) is 9.59 Å². The second kappa shape index (κ2) is 5.64. The zero-order valence-electron chi connectivity index (χ0n) is 12.4. The van der Waals surface area contributed by atoms with E-state index in [0.717, 1.165) is 16.7 Å². The van der Waals surface area contributed by atoms with Crippen molar-refractivity contribution in [3.63, 3.8) is 0 Å². The van der Waals surface area contributed by atoms with Crippen molar-refractivity contribution in [2.75, 3.05) is 7.11 Å². The van der Waals surface area contributed by atoms with Gasteiger partial charge < -0.3 is 9.47 Å². The number of benzene rings is 2. The molecule has 0 saturated carbocycles. The monoisotopic (exact) mass is 296 g/mol. The number of rotatable bonds is 3. The van der Waals surface area contributed by atoms with Gasteiger partial charge in [0.2, 0.25) is 0 Å². The van der Waals surface area contributed by atoms with Crippen LogP contribution in [-0.2, 0) is 14.3 Å². The van der Waals surface area contributed by atoms with Gasteiger partial charge in [-0.15, -0.1) is 0 Å². The molecule has 1 aliphatic heterocycles. The number of hydrogen-bond donors (Lipinski definition) is 0. The number of carbonyl (C=O) groups excluding carboxylic acids is 2. The molecule has 0 spiro atoms. The summed E-state index contributed by atoms with van der Waals surface area (Å²) < 4.78 is 10.1. The number of hydrogen-bond acceptors (Lipinski definition) is 4. The third kappa shape index (κ3) is 2.37. The van der Waals surface area contributed by atoms with Crippen molar-refractivity contribution in [2.24, 2.45) is 0 Å². The molecule has 0 saturated heterocycles. The fraction of sp³-hybridized carbons (Fsp3) is 0.222. The minimum atomic E-state index is -0.444. The van der Waals surface area contributed by atoms with Crippen molar-refractivity contribution in [1.29, 1.82) is 0 Å². The zero-order valence-corrected chi connectivity index (χ0v) is 12.4. The Bertz CT molecular complexity index is 721. The minimum absolute atomic E-state index is 0.288. The lowest BCUT2D eigenvalue weighted by Gasteiger charge is -2.12. The summed E-state index contributed by atoms with van der Waals surface area (Å²) in [5.41, 5.74) is 2.49. The summed E-state index contributed by atoms with van der Waals surface area (Å²) in [4.78, 5) is 23.9. The largest absolute Gasteiger partial charge is 0.469 e. The number of carbonyl (C=O) groups is 2. The van der Waals surface area contributed by atoms with Crippen LogP contribution in [0.4, 0.5) is 0 Å². The van der Waals surface area contributed by atoms with E-state index in [4.69, 9.17) is 9.47 Å². The Kier molecular flexibility index (Phi) is 3.67. The van der Waals surface area contributed by atoms with E-state index < -0.39 is 5.92 Å². The van der Waals surface area contributed by atoms with Gasteiger partial charge in [0.1, 0.15) is 11.7 Å². The summed E-state index contributed by atoms with van der Waals surface area (Å²) in [7, 11) is 1.37. The first kappa shape index (κ1) is 14.3. The van der Waals surface area contributed by atoms with Gasteiger partial charge >= 0.3 is 11.9 Å². The minimum Gasteiger partial charge on any atom is -0.469 e. The first-order chi connectivity index (χ1) is 10.6. The molecule has 3 rings (SSSR count). The van der Waals surface area contributed by atoms with Gasteiger partial charge in [-0.05, 0) is 24.1 Å². The van der Waals surface area contributed by atoms with Gasteiger partial charge in [-0.25, -0.2) is 0 Å². The first-order valence-corrected chi connectivity index (χ1v) is 7.10.